The smallest absolute Gasteiger partial charge is 0.338 e. The van der Waals surface area contributed by atoms with Crippen LogP contribution in [0.5, 0.6) is 0 Å². The van der Waals surface area contributed by atoms with Crippen LogP contribution in [0.2, 0.25) is 0 Å². The summed E-state index contributed by atoms with van der Waals surface area (Å²) >= 11 is 1.26. The molecular weight excluding hydrogens is 382 g/mol. The van der Waals surface area contributed by atoms with Crippen molar-refractivity contribution in [2.24, 2.45) is 0 Å². The molecule has 1 aromatic carbocycles. The molecule has 146 valence electrons. The number of amides is 1. The van der Waals surface area contributed by atoms with E-state index in [1.165, 1.54) is 22.7 Å². The molecule has 1 amide bonds. The minimum Gasteiger partial charge on any atom is -0.463 e. The number of hydrogen-bond acceptors (Lipinski definition) is 7. The SMILES string of the molecule is CCOC(=O)/C=C1\SCC(=O)N1CCOC(=O)c1ccc(-n2cccn2)cc1. The molecule has 0 radical (unpaired) electrons. The van der Waals surface area contributed by atoms with Crippen molar-refractivity contribution in [2.45, 2.75) is 6.92 Å². The normalized spacial score (nSPS) is 15.1. The summed E-state index contributed by atoms with van der Waals surface area (Å²) in [6, 6.07) is 8.66. The number of aromatic nitrogens is 2. The molecule has 28 heavy (non-hydrogen) atoms. The predicted molar refractivity (Wildman–Crippen MR) is 103 cm³/mol. The van der Waals surface area contributed by atoms with Crippen molar-refractivity contribution < 1.29 is 23.9 Å². The van der Waals surface area contributed by atoms with Crippen molar-refractivity contribution >= 4 is 29.6 Å². The van der Waals surface area contributed by atoms with Crippen LogP contribution in [0.25, 0.3) is 5.69 Å². The van der Waals surface area contributed by atoms with E-state index in [0.717, 1.165) is 5.69 Å². The van der Waals surface area contributed by atoms with Gasteiger partial charge in [0.1, 0.15) is 6.61 Å². The maximum absolute atomic E-state index is 12.2. The van der Waals surface area contributed by atoms with Crippen LogP contribution in [0.4, 0.5) is 0 Å². The van der Waals surface area contributed by atoms with Crippen LogP contribution in [-0.4, -0.2) is 58.0 Å². The molecule has 1 aliphatic heterocycles. The van der Waals surface area contributed by atoms with E-state index in [2.05, 4.69) is 5.10 Å². The molecule has 0 N–H and O–H groups in total. The molecule has 1 aromatic heterocycles. The molecular formula is C19H19N3O5S. The number of rotatable bonds is 7. The van der Waals surface area contributed by atoms with Crippen LogP contribution in [0.15, 0.2) is 53.8 Å². The van der Waals surface area contributed by atoms with Gasteiger partial charge >= 0.3 is 11.9 Å². The van der Waals surface area contributed by atoms with E-state index in [1.54, 1.807) is 48.3 Å². The summed E-state index contributed by atoms with van der Waals surface area (Å²) in [5.41, 5.74) is 1.23. The second-order valence-electron chi connectivity index (χ2n) is 5.70. The molecule has 9 heteroatoms. The molecule has 3 rings (SSSR count). The molecule has 8 nitrogen and oxygen atoms in total. The summed E-state index contributed by atoms with van der Waals surface area (Å²) in [6.07, 6.45) is 4.76. The van der Waals surface area contributed by atoms with E-state index < -0.39 is 11.9 Å². The Balaban J connectivity index is 1.54. The maximum Gasteiger partial charge on any atom is 0.338 e. The standard InChI is InChI=1S/C19H19N3O5S/c1-2-26-18(24)12-17-21(16(23)13-28-17)10-11-27-19(25)14-4-6-15(7-5-14)22-9-3-8-20-22/h3-9,12H,2,10-11,13H2,1H3/b17-12-. The summed E-state index contributed by atoms with van der Waals surface area (Å²) in [5.74, 6) is -0.880. The lowest BCUT2D eigenvalue weighted by molar-refractivity contribution is -0.137. The van der Waals surface area contributed by atoms with E-state index in [1.807, 2.05) is 6.07 Å². The zero-order valence-electron chi connectivity index (χ0n) is 15.2. The summed E-state index contributed by atoms with van der Waals surface area (Å²) in [4.78, 5) is 37.2. The molecule has 0 saturated carbocycles. The van der Waals surface area contributed by atoms with E-state index in [0.29, 0.717) is 10.6 Å². The monoisotopic (exact) mass is 401 g/mol. The Morgan fingerprint density at radius 2 is 2.04 bits per heavy atom. The topological polar surface area (TPSA) is 90.7 Å². The third kappa shape index (κ3) is 4.80. The summed E-state index contributed by atoms with van der Waals surface area (Å²) < 4.78 is 11.8. The van der Waals surface area contributed by atoms with E-state index in [4.69, 9.17) is 9.47 Å². The molecule has 0 atom stereocenters. The van der Waals surface area contributed by atoms with Crippen molar-refractivity contribution in [1.82, 2.24) is 14.7 Å². The molecule has 0 unspecified atom stereocenters. The van der Waals surface area contributed by atoms with Gasteiger partial charge in [-0.15, -0.1) is 0 Å². The van der Waals surface area contributed by atoms with Crippen molar-refractivity contribution in [3.63, 3.8) is 0 Å². The Hall–Kier alpha value is -3.07. The molecule has 1 fully saturated rings. The Morgan fingerprint density at radius 3 is 2.71 bits per heavy atom. The van der Waals surface area contributed by atoms with Gasteiger partial charge < -0.3 is 14.4 Å². The number of thioether (sulfide) groups is 1. The van der Waals surface area contributed by atoms with E-state index >= 15 is 0 Å². The quantitative estimate of drug-likeness (QED) is 0.518. The van der Waals surface area contributed by atoms with E-state index in [-0.39, 0.29) is 31.4 Å². The van der Waals surface area contributed by atoms with Crippen LogP contribution >= 0.6 is 11.8 Å². The fraction of sp³-hybridized carbons (Fsp3) is 0.263. The van der Waals surface area contributed by atoms with Crippen LogP contribution in [-0.2, 0) is 19.1 Å². The van der Waals surface area contributed by atoms with Gasteiger partial charge in [0.2, 0.25) is 5.91 Å². The van der Waals surface area contributed by atoms with Crippen molar-refractivity contribution in [1.29, 1.82) is 0 Å². The first-order valence-corrected chi connectivity index (χ1v) is 9.66. The van der Waals surface area contributed by atoms with Crippen molar-refractivity contribution in [3.8, 4) is 5.69 Å². The number of benzene rings is 1. The van der Waals surface area contributed by atoms with Gasteiger partial charge in [0.15, 0.2) is 0 Å². The highest BCUT2D eigenvalue weighted by Crippen LogP contribution is 2.28. The highest BCUT2D eigenvalue weighted by atomic mass is 32.2. The number of hydrogen-bond donors (Lipinski definition) is 0. The lowest BCUT2D eigenvalue weighted by Gasteiger charge is -2.16. The zero-order chi connectivity index (χ0) is 19.9. The first-order valence-electron chi connectivity index (χ1n) is 8.67. The fourth-order valence-corrected chi connectivity index (χ4v) is 3.49. The number of ether oxygens (including phenoxy) is 2. The molecule has 2 heterocycles. The van der Waals surface area contributed by atoms with Crippen molar-refractivity contribution in [2.75, 3.05) is 25.5 Å². The maximum atomic E-state index is 12.2. The fourth-order valence-electron chi connectivity index (χ4n) is 2.54. The van der Waals surface area contributed by atoms with Crippen LogP contribution in [0.3, 0.4) is 0 Å². The number of esters is 2. The van der Waals surface area contributed by atoms with Crippen LogP contribution in [0, 0.1) is 0 Å². The molecule has 0 bridgehead atoms. The van der Waals surface area contributed by atoms with Gasteiger partial charge in [-0.3, -0.25) is 4.79 Å². The average Bonchev–Trinajstić information content (AvgIpc) is 3.34. The van der Waals surface area contributed by atoms with Crippen LogP contribution in [0.1, 0.15) is 17.3 Å². The molecule has 1 aliphatic rings. The lowest BCUT2D eigenvalue weighted by Crippen LogP contribution is -2.29. The molecule has 0 aliphatic carbocycles. The predicted octanol–water partition coefficient (Wildman–Crippen LogP) is 2.01. The van der Waals surface area contributed by atoms with Gasteiger partial charge in [-0.1, -0.05) is 11.8 Å². The van der Waals surface area contributed by atoms with Crippen LogP contribution < -0.4 is 0 Å². The minimum absolute atomic E-state index is 0.0200. The Bertz CT molecular complexity index is 877. The van der Waals surface area contributed by atoms with Gasteiger partial charge in [-0.25, -0.2) is 14.3 Å². The first-order chi connectivity index (χ1) is 13.6. The van der Waals surface area contributed by atoms with Gasteiger partial charge in [0.25, 0.3) is 0 Å². The Kier molecular flexibility index (Phi) is 6.49. The lowest BCUT2D eigenvalue weighted by atomic mass is 10.2. The van der Waals surface area contributed by atoms with E-state index in [9.17, 15) is 14.4 Å². The summed E-state index contributed by atoms with van der Waals surface area (Å²) in [7, 11) is 0. The van der Waals surface area contributed by atoms with Gasteiger partial charge in [0.05, 0.1) is 41.3 Å². The highest BCUT2D eigenvalue weighted by molar-refractivity contribution is 8.04. The largest absolute Gasteiger partial charge is 0.463 e. The number of carbonyl (C=O) groups is 3. The van der Waals surface area contributed by atoms with Gasteiger partial charge in [0, 0.05) is 12.4 Å². The molecule has 2 aromatic rings. The summed E-state index contributed by atoms with van der Waals surface area (Å²) in [6.45, 7) is 2.17. The minimum atomic E-state index is -0.501. The zero-order valence-corrected chi connectivity index (χ0v) is 16.1. The molecule has 0 spiro atoms. The number of nitrogens with zero attached hydrogens (tertiary/aromatic N) is 3. The third-order valence-corrected chi connectivity index (χ3v) is 4.88. The van der Waals surface area contributed by atoms with Crippen molar-refractivity contribution in [3.05, 3.63) is 59.4 Å². The Morgan fingerprint density at radius 1 is 1.25 bits per heavy atom. The third-order valence-electron chi connectivity index (χ3n) is 3.86. The highest BCUT2D eigenvalue weighted by Gasteiger charge is 2.27. The number of carbonyl (C=O) groups excluding carboxylic acids is 3. The van der Waals surface area contributed by atoms with Gasteiger partial charge in [-0.05, 0) is 37.3 Å². The summed E-state index contributed by atoms with van der Waals surface area (Å²) in [5, 5.41) is 4.63. The Labute approximate surface area is 166 Å². The van der Waals surface area contributed by atoms with Gasteiger partial charge in [-0.2, -0.15) is 5.10 Å². The second kappa shape index (κ2) is 9.23. The molecule has 1 saturated heterocycles. The average molecular weight is 401 g/mol. The second-order valence-corrected chi connectivity index (χ2v) is 6.70. The first kappa shape index (κ1) is 19.7.